The largest absolute Gasteiger partial charge is 0.481 e. The summed E-state index contributed by atoms with van der Waals surface area (Å²) in [5.41, 5.74) is 1.50. The molecule has 0 radical (unpaired) electrons. The highest BCUT2D eigenvalue weighted by molar-refractivity contribution is 5.75. The van der Waals surface area contributed by atoms with Gasteiger partial charge in [0.2, 0.25) is 0 Å². The highest BCUT2D eigenvalue weighted by atomic mass is 16.4. The molecule has 0 bridgehead atoms. The van der Waals surface area contributed by atoms with Crippen molar-refractivity contribution in [1.29, 1.82) is 0 Å². The number of carbonyl (C=O) groups is 1. The van der Waals surface area contributed by atoms with Crippen molar-refractivity contribution in [1.82, 2.24) is 10.2 Å². The van der Waals surface area contributed by atoms with Crippen LogP contribution >= 0.6 is 0 Å². The first kappa shape index (κ1) is 10.6. The molecule has 0 aliphatic carbocycles. The minimum Gasteiger partial charge on any atom is -0.481 e. The summed E-state index contributed by atoms with van der Waals surface area (Å²) >= 11 is 0. The van der Waals surface area contributed by atoms with Crippen molar-refractivity contribution >= 4 is 5.97 Å². The van der Waals surface area contributed by atoms with Crippen LogP contribution in [0.5, 0.6) is 0 Å². The van der Waals surface area contributed by atoms with Gasteiger partial charge >= 0.3 is 5.97 Å². The molecule has 0 amide bonds. The Morgan fingerprint density at radius 2 is 2.36 bits per heavy atom. The number of hydrogen-bond acceptors (Lipinski definition) is 3. The number of aryl methyl sites for hydroxylation is 1. The Kier molecular flexibility index (Phi) is 3.56. The van der Waals surface area contributed by atoms with Gasteiger partial charge < -0.3 is 5.11 Å². The Labute approximate surface area is 83.0 Å². The minimum absolute atomic E-state index is 0.521. The zero-order valence-electron chi connectivity index (χ0n) is 8.40. The maximum atomic E-state index is 10.9. The summed E-state index contributed by atoms with van der Waals surface area (Å²) in [5.74, 6) is -1.35. The van der Waals surface area contributed by atoms with Crippen LogP contribution in [-0.4, -0.2) is 21.3 Å². The fourth-order valence-electron chi connectivity index (χ4n) is 1.34. The van der Waals surface area contributed by atoms with Gasteiger partial charge in [0, 0.05) is 0 Å². The maximum Gasteiger partial charge on any atom is 0.312 e. The Bertz CT molecular complexity index is 326. The van der Waals surface area contributed by atoms with Crippen LogP contribution in [0.3, 0.4) is 0 Å². The molecule has 1 aromatic heterocycles. The highest BCUT2D eigenvalue weighted by Gasteiger charge is 2.20. The van der Waals surface area contributed by atoms with E-state index < -0.39 is 11.9 Å². The van der Waals surface area contributed by atoms with E-state index in [1.807, 2.05) is 13.8 Å². The number of hydrogen-bond donors (Lipinski definition) is 1. The minimum atomic E-state index is -0.827. The number of rotatable bonds is 4. The fourth-order valence-corrected chi connectivity index (χ4v) is 1.34. The molecule has 0 fully saturated rings. The number of aliphatic carboxylic acids is 1. The molecule has 1 atom stereocenters. The SMILES string of the molecule is CCCC(C(=O)O)c1cc(C)cnn1. The van der Waals surface area contributed by atoms with Crippen molar-refractivity contribution in [3.63, 3.8) is 0 Å². The Hall–Kier alpha value is -1.45. The predicted molar refractivity (Wildman–Crippen MR) is 52.1 cm³/mol. The lowest BCUT2D eigenvalue weighted by molar-refractivity contribution is -0.139. The smallest absolute Gasteiger partial charge is 0.312 e. The summed E-state index contributed by atoms with van der Waals surface area (Å²) in [7, 11) is 0. The van der Waals surface area contributed by atoms with Crippen LogP contribution in [0, 0.1) is 6.92 Å². The normalized spacial score (nSPS) is 12.4. The van der Waals surface area contributed by atoms with Gasteiger partial charge in [0.05, 0.1) is 11.9 Å². The standard InChI is InChI=1S/C10H14N2O2/c1-3-4-8(10(13)14)9-5-7(2)6-11-12-9/h5-6,8H,3-4H2,1-2H3,(H,13,14). The summed E-state index contributed by atoms with van der Waals surface area (Å²) < 4.78 is 0. The molecule has 4 heteroatoms. The molecule has 1 heterocycles. The molecule has 76 valence electrons. The van der Waals surface area contributed by atoms with E-state index in [1.54, 1.807) is 12.3 Å². The molecule has 0 aliphatic heterocycles. The Morgan fingerprint density at radius 3 is 2.86 bits per heavy atom. The van der Waals surface area contributed by atoms with Crippen molar-refractivity contribution < 1.29 is 9.90 Å². The number of nitrogens with zero attached hydrogens (tertiary/aromatic N) is 2. The lowest BCUT2D eigenvalue weighted by Gasteiger charge is -2.09. The van der Waals surface area contributed by atoms with Gasteiger partial charge in [-0.15, -0.1) is 0 Å². The molecule has 4 nitrogen and oxygen atoms in total. The van der Waals surface area contributed by atoms with Crippen molar-refractivity contribution in [3.8, 4) is 0 Å². The molecule has 1 rings (SSSR count). The third kappa shape index (κ3) is 2.52. The average molecular weight is 194 g/mol. The monoisotopic (exact) mass is 194 g/mol. The van der Waals surface area contributed by atoms with E-state index in [-0.39, 0.29) is 0 Å². The molecule has 1 aromatic rings. The van der Waals surface area contributed by atoms with Crippen LogP contribution in [0.25, 0.3) is 0 Å². The molecule has 0 aliphatic rings. The lowest BCUT2D eigenvalue weighted by Crippen LogP contribution is -2.13. The van der Waals surface area contributed by atoms with Gasteiger partial charge in [0.15, 0.2) is 0 Å². The van der Waals surface area contributed by atoms with Crippen LogP contribution in [0.4, 0.5) is 0 Å². The van der Waals surface area contributed by atoms with Crippen molar-refractivity contribution in [2.45, 2.75) is 32.6 Å². The molecule has 0 saturated heterocycles. The predicted octanol–water partition coefficient (Wildman–Crippen LogP) is 1.75. The van der Waals surface area contributed by atoms with Gasteiger partial charge in [-0.3, -0.25) is 4.79 Å². The highest BCUT2D eigenvalue weighted by Crippen LogP contribution is 2.19. The van der Waals surface area contributed by atoms with E-state index in [0.29, 0.717) is 12.1 Å². The zero-order chi connectivity index (χ0) is 10.6. The average Bonchev–Trinajstić information content (AvgIpc) is 2.13. The first-order valence-electron chi connectivity index (χ1n) is 4.67. The van der Waals surface area contributed by atoms with Gasteiger partial charge in [0.1, 0.15) is 5.92 Å². The first-order valence-corrected chi connectivity index (χ1v) is 4.67. The lowest BCUT2D eigenvalue weighted by atomic mass is 9.99. The van der Waals surface area contributed by atoms with Crippen LogP contribution in [0.1, 0.15) is 36.9 Å². The van der Waals surface area contributed by atoms with Crippen molar-refractivity contribution in [2.75, 3.05) is 0 Å². The quantitative estimate of drug-likeness (QED) is 0.793. The molecule has 0 aromatic carbocycles. The van der Waals surface area contributed by atoms with Gasteiger partial charge in [-0.2, -0.15) is 10.2 Å². The second-order valence-electron chi connectivity index (χ2n) is 3.34. The van der Waals surface area contributed by atoms with E-state index >= 15 is 0 Å². The second kappa shape index (κ2) is 4.69. The summed E-state index contributed by atoms with van der Waals surface area (Å²) in [6.07, 6.45) is 3.05. The third-order valence-electron chi connectivity index (χ3n) is 2.04. The summed E-state index contributed by atoms with van der Waals surface area (Å²) in [5, 5.41) is 16.6. The fraction of sp³-hybridized carbons (Fsp3) is 0.500. The van der Waals surface area contributed by atoms with Crippen LogP contribution < -0.4 is 0 Å². The van der Waals surface area contributed by atoms with E-state index in [1.165, 1.54) is 0 Å². The van der Waals surface area contributed by atoms with E-state index in [4.69, 9.17) is 5.11 Å². The van der Waals surface area contributed by atoms with Crippen LogP contribution in [-0.2, 0) is 4.79 Å². The van der Waals surface area contributed by atoms with Gasteiger partial charge in [0.25, 0.3) is 0 Å². The van der Waals surface area contributed by atoms with Crippen molar-refractivity contribution in [3.05, 3.63) is 23.5 Å². The molecule has 1 N–H and O–H groups in total. The molecule has 14 heavy (non-hydrogen) atoms. The maximum absolute atomic E-state index is 10.9. The summed E-state index contributed by atoms with van der Waals surface area (Å²) in [6.45, 7) is 3.84. The topological polar surface area (TPSA) is 63.1 Å². The second-order valence-corrected chi connectivity index (χ2v) is 3.34. The van der Waals surface area contributed by atoms with E-state index in [2.05, 4.69) is 10.2 Å². The molecular weight excluding hydrogens is 180 g/mol. The zero-order valence-corrected chi connectivity index (χ0v) is 8.40. The Balaban J connectivity index is 2.93. The summed E-state index contributed by atoms with van der Waals surface area (Å²) in [6, 6.07) is 1.78. The molecular formula is C10H14N2O2. The molecule has 0 saturated carbocycles. The molecule has 1 unspecified atom stereocenters. The number of carboxylic acids is 1. The van der Waals surface area contributed by atoms with Crippen molar-refractivity contribution in [2.24, 2.45) is 0 Å². The third-order valence-corrected chi connectivity index (χ3v) is 2.04. The van der Waals surface area contributed by atoms with Gasteiger partial charge in [-0.1, -0.05) is 13.3 Å². The number of carboxylic acid groups (broad SMARTS) is 1. The first-order chi connectivity index (χ1) is 6.65. The van der Waals surface area contributed by atoms with Crippen LogP contribution in [0.2, 0.25) is 0 Å². The molecule has 0 spiro atoms. The van der Waals surface area contributed by atoms with Gasteiger partial charge in [-0.25, -0.2) is 0 Å². The summed E-state index contributed by atoms with van der Waals surface area (Å²) in [4.78, 5) is 10.9. The van der Waals surface area contributed by atoms with Crippen LogP contribution in [0.15, 0.2) is 12.3 Å². The van der Waals surface area contributed by atoms with E-state index in [9.17, 15) is 4.79 Å². The Morgan fingerprint density at radius 1 is 1.64 bits per heavy atom. The number of aromatic nitrogens is 2. The van der Waals surface area contributed by atoms with Gasteiger partial charge in [-0.05, 0) is 25.0 Å². The van der Waals surface area contributed by atoms with E-state index in [0.717, 1.165) is 12.0 Å².